The Morgan fingerprint density at radius 2 is 2.05 bits per heavy atom. The number of methoxy groups -OCH3 is 1. The molecule has 0 aliphatic heterocycles. The molecule has 1 aromatic carbocycles. The van der Waals surface area contributed by atoms with Gasteiger partial charge in [-0.05, 0) is 67.5 Å². The molecule has 0 atom stereocenters. The molecule has 0 aromatic heterocycles. The van der Waals surface area contributed by atoms with E-state index in [9.17, 15) is 4.79 Å². The van der Waals surface area contributed by atoms with Gasteiger partial charge in [0.05, 0.1) is 13.7 Å². The zero-order chi connectivity index (χ0) is 15.9. The van der Waals surface area contributed by atoms with E-state index in [0.29, 0.717) is 5.75 Å². The molecule has 0 saturated carbocycles. The van der Waals surface area contributed by atoms with Crippen LogP contribution in [0.25, 0.3) is 16.5 Å². The van der Waals surface area contributed by atoms with Gasteiger partial charge < -0.3 is 9.47 Å². The third kappa shape index (κ3) is 3.59. The van der Waals surface area contributed by atoms with Crippen LogP contribution in [0, 0.1) is 0 Å². The minimum Gasteiger partial charge on any atom is -0.496 e. The lowest BCUT2D eigenvalue weighted by atomic mass is 9.90. The van der Waals surface area contributed by atoms with Crippen molar-refractivity contribution in [3.63, 3.8) is 0 Å². The molecule has 2 rings (SSSR count). The molecule has 116 valence electrons. The van der Waals surface area contributed by atoms with Gasteiger partial charge in [-0.3, -0.25) is 0 Å². The summed E-state index contributed by atoms with van der Waals surface area (Å²) in [4.78, 5) is 14.5. The monoisotopic (exact) mass is 301 g/mol. The largest absolute Gasteiger partial charge is 0.496 e. The van der Waals surface area contributed by atoms with Crippen molar-refractivity contribution in [2.75, 3.05) is 13.7 Å². The molecule has 0 spiro atoms. The Morgan fingerprint density at radius 3 is 2.64 bits per heavy atom. The summed E-state index contributed by atoms with van der Waals surface area (Å²) >= 11 is 0. The second kappa shape index (κ2) is 7.52. The minimum atomic E-state index is -0.639. The highest BCUT2D eigenvalue weighted by molar-refractivity contribution is 5.93. The van der Waals surface area contributed by atoms with Crippen LogP contribution in [0.1, 0.15) is 36.5 Å². The van der Waals surface area contributed by atoms with Gasteiger partial charge in [-0.15, -0.1) is 0 Å². The number of hydrogen-bond acceptors (Lipinski definition) is 4. The van der Waals surface area contributed by atoms with Crippen molar-refractivity contribution >= 4 is 12.0 Å². The molecule has 6 heteroatoms. The van der Waals surface area contributed by atoms with Crippen LogP contribution in [0.3, 0.4) is 0 Å². The number of benzene rings is 1. The normalized spacial score (nSPS) is 13.8. The summed E-state index contributed by atoms with van der Waals surface area (Å²) in [5.74, 6) is 0.0238. The average molecular weight is 301 g/mol. The van der Waals surface area contributed by atoms with Gasteiger partial charge in [0.1, 0.15) is 11.4 Å². The van der Waals surface area contributed by atoms with Crippen molar-refractivity contribution in [1.29, 1.82) is 0 Å². The summed E-state index contributed by atoms with van der Waals surface area (Å²) in [5, 5.41) is 3.44. The van der Waals surface area contributed by atoms with Crippen molar-refractivity contribution in [1.82, 2.24) is 0 Å². The topological polar surface area (TPSA) is 84.3 Å². The van der Waals surface area contributed by atoms with Crippen LogP contribution >= 0.6 is 0 Å². The maximum absolute atomic E-state index is 11.8. The summed E-state index contributed by atoms with van der Waals surface area (Å²) in [7, 11) is 1.58. The van der Waals surface area contributed by atoms with Crippen LogP contribution in [0.4, 0.5) is 0 Å². The molecule has 1 aliphatic rings. The van der Waals surface area contributed by atoms with Gasteiger partial charge in [0.2, 0.25) is 0 Å². The molecule has 0 heterocycles. The van der Waals surface area contributed by atoms with Crippen molar-refractivity contribution in [2.45, 2.75) is 32.6 Å². The first-order chi connectivity index (χ1) is 10.7. The summed E-state index contributed by atoms with van der Waals surface area (Å²) in [5.41, 5.74) is 11.8. The number of fused-ring (bicyclic) bond motifs is 1. The molecular weight excluding hydrogens is 282 g/mol. The standard InChI is InChI=1S/C16H19N3O3/c1-3-22-16(20)14(18-19-17)9-13-8-11-6-4-5-7-12(11)10-15(13)21-2/h8-10H,3-7H2,1-2H3. The second-order valence-corrected chi connectivity index (χ2v) is 5.01. The Hall–Kier alpha value is -2.46. The van der Waals surface area contributed by atoms with E-state index < -0.39 is 5.97 Å². The average Bonchev–Trinajstić information content (AvgIpc) is 2.54. The maximum Gasteiger partial charge on any atom is 0.340 e. The summed E-state index contributed by atoms with van der Waals surface area (Å²) in [6.45, 7) is 1.92. The SMILES string of the molecule is CCOC(=O)C(=Cc1cc2c(cc1OC)CCCC2)N=[N+]=[N-]. The number of aryl methyl sites for hydroxylation is 2. The van der Waals surface area contributed by atoms with E-state index in [1.807, 2.05) is 12.1 Å². The summed E-state index contributed by atoms with van der Waals surface area (Å²) in [6, 6.07) is 4.00. The lowest BCUT2D eigenvalue weighted by Gasteiger charge is -2.18. The van der Waals surface area contributed by atoms with E-state index in [0.717, 1.165) is 24.8 Å². The Kier molecular flexibility index (Phi) is 5.44. The minimum absolute atomic E-state index is 0.0709. The zero-order valence-corrected chi connectivity index (χ0v) is 12.8. The first-order valence-corrected chi connectivity index (χ1v) is 7.33. The highest BCUT2D eigenvalue weighted by atomic mass is 16.5. The zero-order valence-electron chi connectivity index (χ0n) is 12.8. The maximum atomic E-state index is 11.8. The molecule has 0 amide bonds. The molecule has 0 unspecified atom stereocenters. The highest BCUT2D eigenvalue weighted by Crippen LogP contribution is 2.30. The van der Waals surface area contributed by atoms with Crippen molar-refractivity contribution in [3.8, 4) is 5.75 Å². The second-order valence-electron chi connectivity index (χ2n) is 5.01. The van der Waals surface area contributed by atoms with Crippen LogP contribution in [0.5, 0.6) is 5.75 Å². The summed E-state index contributed by atoms with van der Waals surface area (Å²) < 4.78 is 10.3. The smallest absolute Gasteiger partial charge is 0.340 e. The predicted octanol–water partition coefficient (Wildman–Crippen LogP) is 3.79. The van der Waals surface area contributed by atoms with Gasteiger partial charge in [0, 0.05) is 10.5 Å². The number of nitrogens with zero attached hydrogens (tertiary/aromatic N) is 3. The van der Waals surface area contributed by atoms with E-state index in [1.54, 1.807) is 14.0 Å². The molecule has 0 bridgehead atoms. The molecule has 1 aliphatic carbocycles. The number of ether oxygens (including phenoxy) is 2. The quantitative estimate of drug-likeness (QED) is 0.273. The number of azide groups is 1. The van der Waals surface area contributed by atoms with Crippen molar-refractivity contribution < 1.29 is 14.3 Å². The van der Waals surface area contributed by atoms with Gasteiger partial charge in [-0.25, -0.2) is 4.79 Å². The van der Waals surface area contributed by atoms with Crippen LogP contribution in [-0.2, 0) is 22.4 Å². The van der Waals surface area contributed by atoms with Crippen LogP contribution in [0.15, 0.2) is 22.9 Å². The molecule has 0 radical (unpaired) electrons. The third-order valence-electron chi connectivity index (χ3n) is 3.62. The van der Waals surface area contributed by atoms with Gasteiger partial charge in [0.15, 0.2) is 0 Å². The molecule has 1 aromatic rings. The Bertz CT molecular complexity index is 646. The Morgan fingerprint density at radius 1 is 1.36 bits per heavy atom. The van der Waals surface area contributed by atoms with E-state index in [2.05, 4.69) is 10.0 Å². The first kappa shape index (κ1) is 15.9. The van der Waals surface area contributed by atoms with Gasteiger partial charge >= 0.3 is 5.97 Å². The van der Waals surface area contributed by atoms with E-state index >= 15 is 0 Å². The van der Waals surface area contributed by atoms with Gasteiger partial charge in [0.25, 0.3) is 0 Å². The molecule has 0 fully saturated rings. The summed E-state index contributed by atoms with van der Waals surface area (Å²) in [6.07, 6.45) is 5.90. The van der Waals surface area contributed by atoms with Gasteiger partial charge in [-0.2, -0.15) is 0 Å². The fourth-order valence-electron chi connectivity index (χ4n) is 2.60. The fraction of sp³-hybridized carbons (Fsp3) is 0.438. The third-order valence-corrected chi connectivity index (χ3v) is 3.62. The predicted molar refractivity (Wildman–Crippen MR) is 83.4 cm³/mol. The highest BCUT2D eigenvalue weighted by Gasteiger charge is 2.15. The lowest BCUT2D eigenvalue weighted by Crippen LogP contribution is -2.07. The van der Waals surface area contributed by atoms with E-state index in [1.165, 1.54) is 23.6 Å². The molecular formula is C16H19N3O3. The Balaban J connectivity index is 2.46. The molecule has 6 nitrogen and oxygen atoms in total. The van der Waals surface area contributed by atoms with E-state index in [4.69, 9.17) is 15.0 Å². The number of esters is 1. The number of carbonyl (C=O) groups is 1. The molecule has 22 heavy (non-hydrogen) atoms. The van der Waals surface area contributed by atoms with E-state index in [-0.39, 0.29) is 12.3 Å². The first-order valence-electron chi connectivity index (χ1n) is 7.33. The van der Waals surface area contributed by atoms with Crippen molar-refractivity contribution in [2.24, 2.45) is 5.11 Å². The molecule has 0 saturated heterocycles. The Labute approximate surface area is 129 Å². The fourth-order valence-corrected chi connectivity index (χ4v) is 2.60. The molecule has 0 N–H and O–H groups in total. The lowest BCUT2D eigenvalue weighted by molar-refractivity contribution is -0.138. The van der Waals surface area contributed by atoms with Gasteiger partial charge in [-0.1, -0.05) is 5.11 Å². The van der Waals surface area contributed by atoms with Crippen LogP contribution in [0.2, 0.25) is 0 Å². The number of rotatable bonds is 5. The number of carbonyl (C=O) groups excluding carboxylic acids is 1. The van der Waals surface area contributed by atoms with Crippen LogP contribution < -0.4 is 4.74 Å². The number of hydrogen-bond donors (Lipinski definition) is 0. The van der Waals surface area contributed by atoms with Crippen molar-refractivity contribution in [3.05, 3.63) is 45.0 Å². The van der Waals surface area contributed by atoms with Crippen LogP contribution in [-0.4, -0.2) is 19.7 Å².